The van der Waals surface area contributed by atoms with Crippen LogP contribution < -0.4 is 5.32 Å². The number of nitrogens with zero attached hydrogens (tertiary/aromatic N) is 1. The Morgan fingerprint density at radius 1 is 1.00 bits per heavy atom. The molecule has 4 heteroatoms. The first kappa shape index (κ1) is 20.1. The highest BCUT2D eigenvalue weighted by Crippen LogP contribution is 2.35. The number of hydrogen-bond acceptors (Lipinski definition) is 2. The molecule has 2 aromatic carbocycles. The summed E-state index contributed by atoms with van der Waals surface area (Å²) in [4.78, 5) is 27.2. The Hall–Kier alpha value is -2.62. The molecule has 4 nitrogen and oxygen atoms in total. The van der Waals surface area contributed by atoms with Gasteiger partial charge in [0.05, 0.1) is 5.41 Å². The van der Waals surface area contributed by atoms with Crippen molar-refractivity contribution in [2.45, 2.75) is 39.5 Å². The van der Waals surface area contributed by atoms with Gasteiger partial charge in [-0.2, -0.15) is 0 Å². The minimum Gasteiger partial charge on any atom is -0.356 e. The SMILES string of the molecule is CCNC(=O)[C@]1(Cc2ccc(-c3ccccc3)cc2)CCCN(C(=O)CC)C1. The lowest BCUT2D eigenvalue weighted by Gasteiger charge is -2.42. The molecule has 1 aliphatic heterocycles. The van der Waals surface area contributed by atoms with E-state index in [1.807, 2.05) is 36.9 Å². The quantitative estimate of drug-likeness (QED) is 0.824. The molecule has 2 aromatic rings. The first-order valence-electron chi connectivity index (χ1n) is 10.3. The van der Waals surface area contributed by atoms with Crippen molar-refractivity contribution >= 4 is 11.8 Å². The van der Waals surface area contributed by atoms with Crippen LogP contribution in [0.3, 0.4) is 0 Å². The summed E-state index contributed by atoms with van der Waals surface area (Å²) in [6.07, 6.45) is 2.82. The Kier molecular flexibility index (Phi) is 6.50. The molecule has 28 heavy (non-hydrogen) atoms. The van der Waals surface area contributed by atoms with Crippen molar-refractivity contribution in [3.05, 3.63) is 60.2 Å². The first-order valence-corrected chi connectivity index (χ1v) is 10.3. The topological polar surface area (TPSA) is 49.4 Å². The van der Waals surface area contributed by atoms with Crippen LogP contribution in [0.15, 0.2) is 54.6 Å². The van der Waals surface area contributed by atoms with E-state index in [2.05, 4.69) is 41.7 Å². The van der Waals surface area contributed by atoms with Crippen LogP contribution in [0.4, 0.5) is 0 Å². The average molecular weight is 379 g/mol. The van der Waals surface area contributed by atoms with Gasteiger partial charge in [-0.3, -0.25) is 9.59 Å². The van der Waals surface area contributed by atoms with Gasteiger partial charge in [0, 0.05) is 26.1 Å². The summed E-state index contributed by atoms with van der Waals surface area (Å²) in [7, 11) is 0. The molecule has 0 unspecified atom stereocenters. The van der Waals surface area contributed by atoms with Crippen molar-refractivity contribution in [3.63, 3.8) is 0 Å². The third kappa shape index (κ3) is 4.44. The van der Waals surface area contributed by atoms with Crippen LogP contribution in [0.1, 0.15) is 38.7 Å². The molecule has 3 rings (SSSR count). The van der Waals surface area contributed by atoms with Gasteiger partial charge in [0.15, 0.2) is 0 Å². The Balaban J connectivity index is 1.83. The molecule has 1 fully saturated rings. The Bertz CT molecular complexity index is 801. The van der Waals surface area contributed by atoms with Crippen LogP contribution in [-0.4, -0.2) is 36.3 Å². The predicted octanol–water partition coefficient (Wildman–Crippen LogP) is 4.05. The fourth-order valence-corrected chi connectivity index (χ4v) is 4.16. The van der Waals surface area contributed by atoms with Gasteiger partial charge in [-0.25, -0.2) is 0 Å². The largest absolute Gasteiger partial charge is 0.356 e. The van der Waals surface area contributed by atoms with Crippen LogP contribution in [0.2, 0.25) is 0 Å². The molecule has 0 aromatic heterocycles. The molecule has 1 N–H and O–H groups in total. The summed E-state index contributed by atoms with van der Waals surface area (Å²) in [5.41, 5.74) is 2.94. The van der Waals surface area contributed by atoms with E-state index in [1.54, 1.807) is 0 Å². The number of carbonyl (C=O) groups excluding carboxylic acids is 2. The van der Waals surface area contributed by atoms with Crippen molar-refractivity contribution in [2.75, 3.05) is 19.6 Å². The zero-order valence-corrected chi connectivity index (χ0v) is 16.9. The van der Waals surface area contributed by atoms with Gasteiger partial charge < -0.3 is 10.2 Å². The fourth-order valence-electron chi connectivity index (χ4n) is 4.16. The van der Waals surface area contributed by atoms with E-state index in [4.69, 9.17) is 0 Å². The maximum absolute atomic E-state index is 13.0. The van der Waals surface area contributed by atoms with Crippen LogP contribution in [0, 0.1) is 5.41 Å². The average Bonchev–Trinajstić information content (AvgIpc) is 2.74. The highest BCUT2D eigenvalue weighted by molar-refractivity contribution is 5.85. The van der Waals surface area contributed by atoms with Crippen LogP contribution in [-0.2, 0) is 16.0 Å². The molecule has 0 saturated carbocycles. The van der Waals surface area contributed by atoms with Crippen molar-refractivity contribution in [2.24, 2.45) is 5.41 Å². The van der Waals surface area contributed by atoms with Crippen LogP contribution >= 0.6 is 0 Å². The molecule has 0 aliphatic carbocycles. The second kappa shape index (κ2) is 9.05. The molecule has 2 amide bonds. The number of piperidine rings is 1. The summed E-state index contributed by atoms with van der Waals surface area (Å²) < 4.78 is 0. The van der Waals surface area contributed by atoms with Gasteiger partial charge in [-0.05, 0) is 42.9 Å². The van der Waals surface area contributed by atoms with Crippen molar-refractivity contribution < 1.29 is 9.59 Å². The lowest BCUT2D eigenvalue weighted by Crippen LogP contribution is -2.54. The van der Waals surface area contributed by atoms with Gasteiger partial charge >= 0.3 is 0 Å². The van der Waals surface area contributed by atoms with Crippen molar-refractivity contribution in [1.29, 1.82) is 0 Å². The number of hydrogen-bond donors (Lipinski definition) is 1. The van der Waals surface area contributed by atoms with Gasteiger partial charge in [0.25, 0.3) is 0 Å². The maximum atomic E-state index is 13.0. The van der Waals surface area contributed by atoms with E-state index in [-0.39, 0.29) is 11.8 Å². The van der Waals surface area contributed by atoms with Gasteiger partial charge in [-0.1, -0.05) is 61.5 Å². The van der Waals surface area contributed by atoms with E-state index >= 15 is 0 Å². The number of benzene rings is 2. The van der Waals surface area contributed by atoms with Crippen molar-refractivity contribution in [1.82, 2.24) is 10.2 Å². The van der Waals surface area contributed by atoms with E-state index < -0.39 is 5.41 Å². The first-order chi connectivity index (χ1) is 13.6. The van der Waals surface area contributed by atoms with E-state index in [0.29, 0.717) is 25.9 Å². The fraction of sp³-hybridized carbons (Fsp3) is 0.417. The molecule has 1 heterocycles. The molecule has 148 valence electrons. The minimum absolute atomic E-state index is 0.0655. The Labute approximate surface area is 167 Å². The number of amides is 2. The molecule has 1 aliphatic rings. The summed E-state index contributed by atoms with van der Waals surface area (Å²) in [5.74, 6) is 0.198. The zero-order valence-electron chi connectivity index (χ0n) is 16.9. The Morgan fingerprint density at radius 2 is 1.68 bits per heavy atom. The van der Waals surface area contributed by atoms with E-state index in [9.17, 15) is 9.59 Å². The van der Waals surface area contributed by atoms with Gasteiger partial charge in [-0.15, -0.1) is 0 Å². The third-order valence-electron chi connectivity index (χ3n) is 5.65. The molecular weight excluding hydrogens is 348 g/mol. The maximum Gasteiger partial charge on any atom is 0.228 e. The monoisotopic (exact) mass is 378 g/mol. The summed E-state index contributed by atoms with van der Waals surface area (Å²) in [6, 6.07) is 18.8. The second-order valence-electron chi connectivity index (χ2n) is 7.65. The normalized spacial score (nSPS) is 19.3. The highest BCUT2D eigenvalue weighted by atomic mass is 16.2. The standard InChI is InChI=1S/C24H30N2O2/c1-3-22(27)26-16-8-15-24(18-26,23(28)25-4-2)17-19-11-13-21(14-12-19)20-9-6-5-7-10-20/h5-7,9-14H,3-4,8,15-18H2,1-2H3,(H,25,28)/t24-/m0/s1. The lowest BCUT2D eigenvalue weighted by atomic mass is 9.74. The van der Waals surface area contributed by atoms with E-state index in [1.165, 1.54) is 11.1 Å². The summed E-state index contributed by atoms with van der Waals surface area (Å²) in [6.45, 7) is 5.69. The number of rotatable bonds is 6. The molecule has 0 bridgehead atoms. The summed E-state index contributed by atoms with van der Waals surface area (Å²) >= 11 is 0. The number of carbonyl (C=O) groups is 2. The number of likely N-dealkylation sites (tertiary alicyclic amines) is 1. The zero-order chi connectivity index (χ0) is 20.0. The van der Waals surface area contributed by atoms with Crippen LogP contribution in [0.5, 0.6) is 0 Å². The molecule has 0 spiro atoms. The van der Waals surface area contributed by atoms with Gasteiger partial charge in [0.1, 0.15) is 0 Å². The van der Waals surface area contributed by atoms with Crippen LogP contribution in [0.25, 0.3) is 11.1 Å². The lowest BCUT2D eigenvalue weighted by molar-refractivity contribution is -0.141. The van der Waals surface area contributed by atoms with E-state index in [0.717, 1.165) is 24.9 Å². The van der Waals surface area contributed by atoms with Crippen molar-refractivity contribution in [3.8, 4) is 11.1 Å². The molecule has 1 saturated heterocycles. The smallest absolute Gasteiger partial charge is 0.228 e. The van der Waals surface area contributed by atoms with Gasteiger partial charge in [0.2, 0.25) is 11.8 Å². The summed E-state index contributed by atoms with van der Waals surface area (Å²) in [5, 5.41) is 3.01. The molecule has 0 radical (unpaired) electrons. The third-order valence-corrected chi connectivity index (χ3v) is 5.65. The molecular formula is C24H30N2O2. The Morgan fingerprint density at radius 3 is 2.32 bits per heavy atom. The number of nitrogens with one attached hydrogen (secondary N) is 1. The minimum atomic E-state index is -0.548. The predicted molar refractivity (Wildman–Crippen MR) is 113 cm³/mol. The second-order valence-corrected chi connectivity index (χ2v) is 7.65. The molecule has 1 atom stereocenters. The highest BCUT2D eigenvalue weighted by Gasteiger charge is 2.43.